The van der Waals surface area contributed by atoms with Gasteiger partial charge in [0.25, 0.3) is 0 Å². The SMILES string of the molecule is CCCNc1ncc(F)cc1CN. The predicted molar refractivity (Wildman–Crippen MR) is 50.9 cm³/mol. The van der Waals surface area contributed by atoms with E-state index >= 15 is 0 Å². The Labute approximate surface area is 77.2 Å². The van der Waals surface area contributed by atoms with E-state index in [9.17, 15) is 4.39 Å². The van der Waals surface area contributed by atoms with Crippen LogP contribution in [0.2, 0.25) is 0 Å². The number of halogens is 1. The summed E-state index contributed by atoms with van der Waals surface area (Å²) in [6, 6.07) is 1.41. The lowest BCUT2D eigenvalue weighted by Crippen LogP contribution is -2.08. The van der Waals surface area contributed by atoms with Crippen LogP contribution < -0.4 is 11.1 Å². The van der Waals surface area contributed by atoms with Gasteiger partial charge in [0.1, 0.15) is 11.6 Å². The molecule has 4 heteroatoms. The monoisotopic (exact) mass is 183 g/mol. The highest BCUT2D eigenvalue weighted by Crippen LogP contribution is 2.12. The molecule has 13 heavy (non-hydrogen) atoms. The molecule has 0 unspecified atom stereocenters. The minimum atomic E-state index is -0.345. The first-order valence-electron chi connectivity index (χ1n) is 4.36. The number of nitrogens with one attached hydrogen (secondary N) is 1. The van der Waals surface area contributed by atoms with Gasteiger partial charge < -0.3 is 11.1 Å². The van der Waals surface area contributed by atoms with Crippen LogP contribution in [0.15, 0.2) is 12.3 Å². The zero-order chi connectivity index (χ0) is 9.68. The van der Waals surface area contributed by atoms with Gasteiger partial charge in [-0.3, -0.25) is 0 Å². The summed E-state index contributed by atoms with van der Waals surface area (Å²) in [4.78, 5) is 3.92. The third kappa shape index (κ3) is 2.66. The topological polar surface area (TPSA) is 50.9 Å². The van der Waals surface area contributed by atoms with E-state index in [0.29, 0.717) is 17.9 Å². The van der Waals surface area contributed by atoms with E-state index in [1.807, 2.05) is 0 Å². The molecule has 0 fully saturated rings. The van der Waals surface area contributed by atoms with Crippen LogP contribution in [0.4, 0.5) is 10.2 Å². The molecule has 72 valence electrons. The van der Waals surface area contributed by atoms with Gasteiger partial charge in [-0.1, -0.05) is 6.92 Å². The Hall–Kier alpha value is -1.16. The molecule has 0 aliphatic carbocycles. The average molecular weight is 183 g/mol. The van der Waals surface area contributed by atoms with Crippen molar-refractivity contribution >= 4 is 5.82 Å². The molecule has 0 aromatic carbocycles. The van der Waals surface area contributed by atoms with Crippen molar-refractivity contribution in [3.8, 4) is 0 Å². The maximum absolute atomic E-state index is 12.7. The standard InChI is InChI=1S/C9H14FN3/c1-2-3-12-9-7(5-11)4-8(10)6-13-9/h4,6H,2-3,5,11H2,1H3,(H,12,13). The Morgan fingerprint density at radius 3 is 3.00 bits per heavy atom. The fraction of sp³-hybridized carbons (Fsp3) is 0.444. The third-order valence-electron chi connectivity index (χ3n) is 1.70. The smallest absolute Gasteiger partial charge is 0.141 e. The minimum absolute atomic E-state index is 0.302. The molecule has 0 spiro atoms. The van der Waals surface area contributed by atoms with Crippen molar-refractivity contribution in [1.29, 1.82) is 0 Å². The van der Waals surface area contributed by atoms with Crippen LogP contribution >= 0.6 is 0 Å². The summed E-state index contributed by atoms with van der Waals surface area (Å²) in [5.74, 6) is 0.341. The fourth-order valence-electron chi connectivity index (χ4n) is 1.04. The summed E-state index contributed by atoms with van der Waals surface area (Å²) in [5, 5.41) is 3.08. The van der Waals surface area contributed by atoms with E-state index < -0.39 is 0 Å². The fourth-order valence-corrected chi connectivity index (χ4v) is 1.04. The van der Waals surface area contributed by atoms with Gasteiger partial charge in [-0.2, -0.15) is 0 Å². The molecule has 1 aromatic heterocycles. The number of nitrogens with zero attached hydrogens (tertiary/aromatic N) is 1. The quantitative estimate of drug-likeness (QED) is 0.743. The van der Waals surface area contributed by atoms with Crippen molar-refractivity contribution in [2.24, 2.45) is 5.73 Å². The number of hydrogen-bond acceptors (Lipinski definition) is 3. The van der Waals surface area contributed by atoms with Crippen molar-refractivity contribution in [3.63, 3.8) is 0 Å². The summed E-state index contributed by atoms with van der Waals surface area (Å²) >= 11 is 0. The molecule has 0 aliphatic rings. The van der Waals surface area contributed by atoms with Gasteiger partial charge in [0, 0.05) is 18.7 Å². The number of hydrogen-bond donors (Lipinski definition) is 2. The van der Waals surface area contributed by atoms with Crippen LogP contribution in [0.1, 0.15) is 18.9 Å². The molecule has 0 amide bonds. The van der Waals surface area contributed by atoms with E-state index in [2.05, 4.69) is 17.2 Å². The maximum Gasteiger partial charge on any atom is 0.141 e. The van der Waals surface area contributed by atoms with Crippen LogP contribution in [-0.4, -0.2) is 11.5 Å². The molecular formula is C9H14FN3. The average Bonchev–Trinajstić information content (AvgIpc) is 2.16. The number of nitrogens with two attached hydrogens (primary N) is 1. The van der Waals surface area contributed by atoms with E-state index in [-0.39, 0.29) is 5.82 Å². The Morgan fingerprint density at radius 2 is 2.38 bits per heavy atom. The van der Waals surface area contributed by atoms with E-state index in [4.69, 9.17) is 5.73 Å². The maximum atomic E-state index is 12.7. The van der Waals surface area contributed by atoms with Crippen LogP contribution in [-0.2, 0) is 6.54 Å². The van der Waals surface area contributed by atoms with Gasteiger partial charge in [-0.05, 0) is 12.5 Å². The molecule has 1 rings (SSSR count). The van der Waals surface area contributed by atoms with Gasteiger partial charge in [0.2, 0.25) is 0 Å². The Morgan fingerprint density at radius 1 is 1.62 bits per heavy atom. The van der Waals surface area contributed by atoms with Gasteiger partial charge >= 0.3 is 0 Å². The van der Waals surface area contributed by atoms with Crippen molar-refractivity contribution in [2.45, 2.75) is 19.9 Å². The molecule has 1 heterocycles. The first-order chi connectivity index (χ1) is 6.27. The number of anilines is 1. The lowest BCUT2D eigenvalue weighted by atomic mass is 10.2. The molecule has 0 atom stereocenters. The molecule has 0 aliphatic heterocycles. The van der Waals surface area contributed by atoms with Crippen LogP contribution in [0.3, 0.4) is 0 Å². The predicted octanol–water partition coefficient (Wildman–Crippen LogP) is 1.50. The summed E-state index contributed by atoms with van der Waals surface area (Å²) < 4.78 is 12.7. The molecule has 0 bridgehead atoms. The Bertz CT molecular complexity index is 276. The highest BCUT2D eigenvalue weighted by Gasteiger charge is 2.02. The zero-order valence-electron chi connectivity index (χ0n) is 7.68. The second-order valence-corrected chi connectivity index (χ2v) is 2.79. The molecular weight excluding hydrogens is 169 g/mol. The van der Waals surface area contributed by atoms with Crippen LogP contribution in [0.25, 0.3) is 0 Å². The summed E-state index contributed by atoms with van der Waals surface area (Å²) in [5.41, 5.74) is 6.16. The lowest BCUT2D eigenvalue weighted by molar-refractivity contribution is 0.619. The molecule has 3 nitrogen and oxygen atoms in total. The number of pyridine rings is 1. The molecule has 1 aromatic rings. The van der Waals surface area contributed by atoms with Gasteiger partial charge in [-0.25, -0.2) is 9.37 Å². The van der Waals surface area contributed by atoms with Crippen molar-refractivity contribution in [1.82, 2.24) is 4.98 Å². The van der Waals surface area contributed by atoms with Gasteiger partial charge in [-0.15, -0.1) is 0 Å². The Kier molecular flexibility index (Phi) is 3.64. The molecule has 0 saturated carbocycles. The second-order valence-electron chi connectivity index (χ2n) is 2.79. The summed E-state index contributed by atoms with van der Waals surface area (Å²) in [6.45, 7) is 3.18. The summed E-state index contributed by atoms with van der Waals surface area (Å²) in [7, 11) is 0. The first-order valence-corrected chi connectivity index (χ1v) is 4.36. The van der Waals surface area contributed by atoms with Crippen LogP contribution in [0.5, 0.6) is 0 Å². The van der Waals surface area contributed by atoms with Crippen molar-refractivity contribution < 1.29 is 4.39 Å². The van der Waals surface area contributed by atoms with E-state index in [1.54, 1.807) is 0 Å². The summed E-state index contributed by atoms with van der Waals surface area (Å²) in [6.07, 6.45) is 2.19. The van der Waals surface area contributed by atoms with E-state index in [1.165, 1.54) is 12.3 Å². The Balaban J connectivity index is 2.79. The van der Waals surface area contributed by atoms with Crippen molar-refractivity contribution in [2.75, 3.05) is 11.9 Å². The molecule has 3 N–H and O–H groups in total. The highest BCUT2D eigenvalue weighted by molar-refractivity contribution is 5.43. The molecule has 0 saturated heterocycles. The number of aromatic nitrogens is 1. The minimum Gasteiger partial charge on any atom is -0.370 e. The number of rotatable bonds is 4. The van der Waals surface area contributed by atoms with Crippen molar-refractivity contribution in [3.05, 3.63) is 23.6 Å². The molecule has 0 radical (unpaired) electrons. The van der Waals surface area contributed by atoms with Gasteiger partial charge in [0.15, 0.2) is 0 Å². The normalized spacial score (nSPS) is 10.1. The second kappa shape index (κ2) is 4.77. The largest absolute Gasteiger partial charge is 0.370 e. The zero-order valence-corrected chi connectivity index (χ0v) is 7.68. The lowest BCUT2D eigenvalue weighted by Gasteiger charge is -2.08. The van der Waals surface area contributed by atoms with Gasteiger partial charge in [0.05, 0.1) is 6.20 Å². The highest BCUT2D eigenvalue weighted by atomic mass is 19.1. The first kappa shape index (κ1) is 9.92. The van der Waals surface area contributed by atoms with E-state index in [0.717, 1.165) is 13.0 Å². The third-order valence-corrected chi connectivity index (χ3v) is 1.70. The van der Waals surface area contributed by atoms with Crippen LogP contribution in [0, 0.1) is 5.82 Å².